The lowest BCUT2D eigenvalue weighted by Gasteiger charge is -2.38. The fourth-order valence-corrected chi connectivity index (χ4v) is 2.92. The minimum Gasteiger partial charge on any atom is -0.465 e. The van der Waals surface area contributed by atoms with E-state index in [1.807, 2.05) is 13.8 Å². The molecular formula is C17H36N2O2. The lowest BCUT2D eigenvalue weighted by atomic mass is 9.91. The number of carbonyl (C=O) groups excluding carboxylic acids is 1. The summed E-state index contributed by atoms with van der Waals surface area (Å²) in [5, 5.41) is 3.40. The van der Waals surface area contributed by atoms with Crippen LogP contribution in [-0.2, 0) is 9.53 Å². The SMILES string of the molecule is CCCNC(C)(CC(C)N(CC)C(C)CC)C(=O)OCC. The molecule has 0 bridgehead atoms. The van der Waals surface area contributed by atoms with Gasteiger partial charge < -0.3 is 10.1 Å². The van der Waals surface area contributed by atoms with Crippen LogP contribution in [0.1, 0.15) is 67.7 Å². The van der Waals surface area contributed by atoms with E-state index in [0.717, 1.165) is 32.4 Å². The molecule has 0 amide bonds. The van der Waals surface area contributed by atoms with Crippen molar-refractivity contribution in [1.82, 2.24) is 10.2 Å². The standard InChI is InChI=1S/C17H36N2O2/c1-8-12-18-17(7,16(20)21-11-4)13-15(6)19(10-3)14(5)9-2/h14-15,18H,8-13H2,1-7H3. The van der Waals surface area contributed by atoms with Gasteiger partial charge in [0.2, 0.25) is 0 Å². The van der Waals surface area contributed by atoms with Crippen LogP contribution in [-0.4, -0.2) is 48.2 Å². The number of nitrogens with zero attached hydrogens (tertiary/aromatic N) is 1. The maximum atomic E-state index is 12.4. The Kier molecular flexibility index (Phi) is 9.88. The van der Waals surface area contributed by atoms with Crippen molar-refractivity contribution in [2.24, 2.45) is 0 Å². The molecule has 0 aromatic carbocycles. The minimum atomic E-state index is -0.605. The third-order valence-corrected chi connectivity index (χ3v) is 4.28. The van der Waals surface area contributed by atoms with E-state index in [1.54, 1.807) is 0 Å². The highest BCUT2D eigenvalue weighted by Gasteiger charge is 2.37. The quantitative estimate of drug-likeness (QED) is 0.595. The van der Waals surface area contributed by atoms with Gasteiger partial charge in [0.05, 0.1) is 6.61 Å². The molecule has 0 spiro atoms. The summed E-state index contributed by atoms with van der Waals surface area (Å²) in [4.78, 5) is 14.8. The predicted octanol–water partition coefficient (Wildman–Crippen LogP) is 3.21. The lowest BCUT2D eigenvalue weighted by molar-refractivity contribution is -0.151. The van der Waals surface area contributed by atoms with Gasteiger partial charge in [0.1, 0.15) is 5.54 Å². The van der Waals surface area contributed by atoms with Gasteiger partial charge in [-0.15, -0.1) is 0 Å². The predicted molar refractivity (Wildman–Crippen MR) is 89.5 cm³/mol. The number of nitrogens with one attached hydrogen (secondary N) is 1. The maximum Gasteiger partial charge on any atom is 0.326 e. The molecule has 0 fully saturated rings. The first-order chi connectivity index (χ1) is 9.86. The van der Waals surface area contributed by atoms with Crippen molar-refractivity contribution >= 4 is 5.97 Å². The van der Waals surface area contributed by atoms with E-state index in [0.29, 0.717) is 18.7 Å². The highest BCUT2D eigenvalue weighted by molar-refractivity contribution is 5.80. The Morgan fingerprint density at radius 3 is 2.24 bits per heavy atom. The van der Waals surface area contributed by atoms with Crippen LogP contribution in [0.4, 0.5) is 0 Å². The molecule has 0 aliphatic carbocycles. The Bertz CT molecular complexity index is 297. The second-order valence-electron chi connectivity index (χ2n) is 6.12. The van der Waals surface area contributed by atoms with Crippen LogP contribution in [0, 0.1) is 0 Å². The average molecular weight is 300 g/mol. The Hall–Kier alpha value is -0.610. The lowest BCUT2D eigenvalue weighted by Crippen LogP contribution is -2.55. The van der Waals surface area contributed by atoms with Gasteiger partial charge in [-0.2, -0.15) is 0 Å². The van der Waals surface area contributed by atoms with Crippen LogP contribution in [0.15, 0.2) is 0 Å². The molecule has 3 unspecified atom stereocenters. The van der Waals surface area contributed by atoms with Gasteiger partial charge >= 0.3 is 5.97 Å². The molecule has 0 radical (unpaired) electrons. The Morgan fingerprint density at radius 1 is 1.19 bits per heavy atom. The van der Waals surface area contributed by atoms with E-state index >= 15 is 0 Å². The van der Waals surface area contributed by atoms with Crippen LogP contribution >= 0.6 is 0 Å². The molecule has 4 nitrogen and oxygen atoms in total. The third kappa shape index (κ3) is 6.35. The zero-order valence-corrected chi connectivity index (χ0v) is 15.2. The molecule has 21 heavy (non-hydrogen) atoms. The van der Waals surface area contributed by atoms with Gasteiger partial charge in [0.25, 0.3) is 0 Å². The van der Waals surface area contributed by atoms with E-state index in [4.69, 9.17) is 4.74 Å². The van der Waals surface area contributed by atoms with E-state index in [-0.39, 0.29) is 5.97 Å². The highest BCUT2D eigenvalue weighted by Crippen LogP contribution is 2.21. The van der Waals surface area contributed by atoms with Gasteiger partial charge in [-0.1, -0.05) is 20.8 Å². The number of carbonyl (C=O) groups is 1. The van der Waals surface area contributed by atoms with Crippen LogP contribution < -0.4 is 5.32 Å². The summed E-state index contributed by atoms with van der Waals surface area (Å²) in [6.07, 6.45) is 2.90. The molecule has 0 saturated carbocycles. The van der Waals surface area contributed by atoms with E-state index in [9.17, 15) is 4.79 Å². The fraction of sp³-hybridized carbons (Fsp3) is 0.941. The van der Waals surface area contributed by atoms with E-state index < -0.39 is 5.54 Å². The van der Waals surface area contributed by atoms with Crippen LogP contribution in [0.3, 0.4) is 0 Å². The van der Waals surface area contributed by atoms with Crippen molar-refractivity contribution in [3.05, 3.63) is 0 Å². The second kappa shape index (κ2) is 10.2. The van der Waals surface area contributed by atoms with Crippen molar-refractivity contribution in [2.75, 3.05) is 19.7 Å². The van der Waals surface area contributed by atoms with Crippen molar-refractivity contribution in [2.45, 2.75) is 85.4 Å². The molecule has 0 aliphatic rings. The first-order valence-electron chi connectivity index (χ1n) is 8.54. The zero-order chi connectivity index (χ0) is 16.5. The molecule has 0 aromatic heterocycles. The topological polar surface area (TPSA) is 41.6 Å². The van der Waals surface area contributed by atoms with E-state index in [2.05, 4.69) is 44.8 Å². The third-order valence-electron chi connectivity index (χ3n) is 4.28. The van der Waals surface area contributed by atoms with Crippen LogP contribution in [0.25, 0.3) is 0 Å². The molecule has 0 heterocycles. The molecule has 0 aromatic rings. The first kappa shape index (κ1) is 20.4. The number of esters is 1. The second-order valence-corrected chi connectivity index (χ2v) is 6.12. The summed E-state index contributed by atoms with van der Waals surface area (Å²) in [5.41, 5.74) is -0.605. The van der Waals surface area contributed by atoms with Crippen molar-refractivity contribution in [3.8, 4) is 0 Å². The Balaban J connectivity index is 4.96. The molecule has 0 saturated heterocycles. The van der Waals surface area contributed by atoms with Crippen molar-refractivity contribution in [3.63, 3.8) is 0 Å². The number of ether oxygens (including phenoxy) is 1. The average Bonchev–Trinajstić information content (AvgIpc) is 2.45. The molecular weight excluding hydrogens is 264 g/mol. The summed E-state index contributed by atoms with van der Waals surface area (Å²) in [7, 11) is 0. The summed E-state index contributed by atoms with van der Waals surface area (Å²) in [6.45, 7) is 17.1. The summed E-state index contributed by atoms with van der Waals surface area (Å²) in [5.74, 6) is -0.134. The summed E-state index contributed by atoms with van der Waals surface area (Å²) in [6, 6.07) is 0.867. The first-order valence-corrected chi connectivity index (χ1v) is 8.54. The van der Waals surface area contributed by atoms with Crippen molar-refractivity contribution in [1.29, 1.82) is 0 Å². The molecule has 1 N–H and O–H groups in total. The highest BCUT2D eigenvalue weighted by atomic mass is 16.5. The minimum absolute atomic E-state index is 0.134. The molecule has 0 rings (SSSR count). The van der Waals surface area contributed by atoms with Crippen LogP contribution in [0.5, 0.6) is 0 Å². The molecule has 126 valence electrons. The number of rotatable bonds is 11. The largest absolute Gasteiger partial charge is 0.465 e. The van der Waals surface area contributed by atoms with Gasteiger partial charge in [-0.3, -0.25) is 9.69 Å². The van der Waals surface area contributed by atoms with Crippen LogP contribution in [0.2, 0.25) is 0 Å². The van der Waals surface area contributed by atoms with Crippen molar-refractivity contribution < 1.29 is 9.53 Å². The number of hydrogen-bond acceptors (Lipinski definition) is 4. The summed E-state index contributed by atoms with van der Waals surface area (Å²) < 4.78 is 5.29. The van der Waals surface area contributed by atoms with Gasteiger partial charge in [0, 0.05) is 12.1 Å². The zero-order valence-electron chi connectivity index (χ0n) is 15.2. The monoisotopic (exact) mass is 300 g/mol. The Labute approximate surface area is 131 Å². The smallest absolute Gasteiger partial charge is 0.326 e. The van der Waals surface area contributed by atoms with Gasteiger partial charge in [-0.05, 0) is 60.0 Å². The Morgan fingerprint density at radius 2 is 1.81 bits per heavy atom. The molecule has 0 aliphatic heterocycles. The fourth-order valence-electron chi connectivity index (χ4n) is 2.92. The van der Waals surface area contributed by atoms with Gasteiger partial charge in [0.15, 0.2) is 0 Å². The molecule has 4 heteroatoms. The van der Waals surface area contributed by atoms with E-state index in [1.165, 1.54) is 0 Å². The normalized spacial score (nSPS) is 17.3. The molecule has 3 atom stereocenters. The number of hydrogen-bond donors (Lipinski definition) is 1. The van der Waals surface area contributed by atoms with Gasteiger partial charge in [-0.25, -0.2) is 0 Å². The maximum absolute atomic E-state index is 12.4. The summed E-state index contributed by atoms with van der Waals surface area (Å²) >= 11 is 0.